The molecule has 0 N–H and O–H groups in total. The van der Waals surface area contributed by atoms with Gasteiger partial charge in [0.25, 0.3) is 5.56 Å². The lowest BCUT2D eigenvalue weighted by Gasteiger charge is -2.15. The van der Waals surface area contributed by atoms with Crippen molar-refractivity contribution < 1.29 is 14.3 Å². The molecule has 3 aromatic rings. The minimum Gasteiger partial charge on any atom is -0.497 e. The molecule has 2 aromatic carbocycles. The van der Waals surface area contributed by atoms with Gasteiger partial charge in [-0.2, -0.15) is 0 Å². The highest BCUT2D eigenvalue weighted by Gasteiger charge is 2.15. The van der Waals surface area contributed by atoms with Gasteiger partial charge in [0.1, 0.15) is 5.75 Å². The lowest BCUT2D eigenvalue weighted by molar-refractivity contribution is -0.139. The number of carbonyl (C=O) groups is 1. The second-order valence-electron chi connectivity index (χ2n) is 7.17. The van der Waals surface area contributed by atoms with Crippen LogP contribution in [0.25, 0.3) is 10.9 Å². The number of benzene rings is 2. The summed E-state index contributed by atoms with van der Waals surface area (Å²) in [7, 11) is 2.91. The molecule has 0 fully saturated rings. The third kappa shape index (κ3) is 5.25. The van der Waals surface area contributed by atoms with Crippen LogP contribution in [0.15, 0.2) is 52.1 Å². The molecule has 1 heterocycles. The largest absolute Gasteiger partial charge is 0.497 e. The van der Waals surface area contributed by atoms with Gasteiger partial charge in [-0.05, 0) is 48.2 Å². The summed E-state index contributed by atoms with van der Waals surface area (Å²) in [6.07, 6.45) is 1.77. The van der Waals surface area contributed by atoms with Gasteiger partial charge in [0.05, 0.1) is 38.1 Å². The summed E-state index contributed by atoms with van der Waals surface area (Å²) in [6.45, 7) is 0.650. The molecular weight excluding hydrogens is 464 g/mol. The predicted molar refractivity (Wildman–Crippen MR) is 123 cm³/mol. The number of alkyl halides is 1. The van der Waals surface area contributed by atoms with E-state index in [1.165, 1.54) is 11.7 Å². The first-order chi connectivity index (χ1) is 15.0. The van der Waals surface area contributed by atoms with Crippen LogP contribution in [0.3, 0.4) is 0 Å². The lowest BCUT2D eigenvalue weighted by Crippen LogP contribution is -2.40. The van der Waals surface area contributed by atoms with E-state index in [2.05, 4.69) is 15.9 Å². The van der Waals surface area contributed by atoms with Crippen molar-refractivity contribution in [1.29, 1.82) is 0 Å². The van der Waals surface area contributed by atoms with Crippen molar-refractivity contribution in [2.45, 2.75) is 32.4 Å². The molecule has 0 radical (unpaired) electrons. The van der Waals surface area contributed by atoms with Crippen molar-refractivity contribution in [2.75, 3.05) is 19.5 Å². The van der Waals surface area contributed by atoms with E-state index >= 15 is 0 Å². The summed E-state index contributed by atoms with van der Waals surface area (Å²) in [5.41, 5.74) is 1.34. The van der Waals surface area contributed by atoms with Crippen LogP contribution in [0.4, 0.5) is 0 Å². The summed E-state index contributed by atoms with van der Waals surface area (Å²) in [5, 5.41) is 1.25. The molecule has 3 rings (SSSR count). The van der Waals surface area contributed by atoms with Crippen LogP contribution in [0.1, 0.15) is 24.0 Å². The smallest absolute Gasteiger partial charge is 0.331 e. The summed E-state index contributed by atoms with van der Waals surface area (Å²) < 4.78 is 12.8. The average Bonchev–Trinajstić information content (AvgIpc) is 2.79. The van der Waals surface area contributed by atoms with Gasteiger partial charge >= 0.3 is 11.7 Å². The maximum Gasteiger partial charge on any atom is 0.331 e. The van der Waals surface area contributed by atoms with Crippen LogP contribution < -0.4 is 16.0 Å². The quantitative estimate of drug-likeness (QED) is 0.262. The molecule has 31 heavy (non-hydrogen) atoms. The van der Waals surface area contributed by atoms with E-state index < -0.39 is 0 Å². The van der Waals surface area contributed by atoms with Crippen LogP contribution >= 0.6 is 15.9 Å². The molecule has 0 aliphatic rings. The van der Waals surface area contributed by atoms with Crippen LogP contribution in [0, 0.1) is 0 Å². The van der Waals surface area contributed by atoms with E-state index in [4.69, 9.17) is 9.47 Å². The number of nitrogens with zero attached hydrogens (tertiary/aromatic N) is 2. The highest BCUT2D eigenvalue weighted by atomic mass is 79.9. The van der Waals surface area contributed by atoms with Gasteiger partial charge in [0.15, 0.2) is 0 Å². The molecule has 0 saturated heterocycles. The van der Waals surface area contributed by atoms with Crippen molar-refractivity contribution in [3.8, 4) is 5.75 Å². The van der Waals surface area contributed by atoms with Gasteiger partial charge in [0, 0.05) is 11.9 Å². The lowest BCUT2D eigenvalue weighted by atomic mass is 10.1. The molecule has 0 spiro atoms. The molecule has 0 aliphatic heterocycles. The number of aryl methyl sites for hydroxylation is 1. The highest BCUT2D eigenvalue weighted by Crippen LogP contribution is 2.15. The number of methoxy groups -OCH3 is 2. The second kappa shape index (κ2) is 10.4. The van der Waals surface area contributed by atoms with Crippen LogP contribution in [-0.2, 0) is 29.0 Å². The Morgan fingerprint density at radius 3 is 2.32 bits per heavy atom. The first-order valence-electron chi connectivity index (χ1n) is 10.0. The van der Waals surface area contributed by atoms with E-state index in [1.54, 1.807) is 42.0 Å². The summed E-state index contributed by atoms with van der Waals surface area (Å²) in [6, 6.07) is 12.4. The van der Waals surface area contributed by atoms with Gasteiger partial charge in [-0.1, -0.05) is 34.1 Å². The molecular formula is C23H25BrN2O5. The molecule has 0 unspecified atom stereocenters. The molecule has 0 saturated carbocycles. The van der Waals surface area contributed by atoms with Gasteiger partial charge in [-0.15, -0.1) is 0 Å². The first-order valence-corrected chi connectivity index (χ1v) is 11.1. The fraction of sp³-hybridized carbons (Fsp3) is 0.348. The van der Waals surface area contributed by atoms with Crippen molar-refractivity contribution in [3.05, 3.63) is 74.4 Å². The number of hydrogen-bond acceptors (Lipinski definition) is 5. The number of hydrogen-bond donors (Lipinski definition) is 0. The molecule has 0 aliphatic carbocycles. The Labute approximate surface area is 188 Å². The number of rotatable bonds is 9. The maximum atomic E-state index is 13.3. The number of unbranched alkanes of at least 4 members (excludes halogenated alkanes) is 1. The molecule has 1 aromatic heterocycles. The zero-order valence-corrected chi connectivity index (χ0v) is 19.2. The molecule has 7 nitrogen and oxygen atoms in total. The van der Waals surface area contributed by atoms with Gasteiger partial charge in [-0.25, -0.2) is 4.79 Å². The Kier molecular flexibility index (Phi) is 7.68. The molecule has 164 valence electrons. The predicted octanol–water partition coefficient (Wildman–Crippen LogP) is 3.11. The van der Waals surface area contributed by atoms with E-state index in [9.17, 15) is 14.4 Å². The normalized spacial score (nSPS) is 10.9. The van der Waals surface area contributed by atoms with E-state index in [-0.39, 0.29) is 30.2 Å². The SMILES string of the molecule is COC(=O)Cc1ccc2c(c1)c(=O)n(Cc1ccc(OC)cc1)c(=O)n2CCCCBr. The number of fused-ring (bicyclic) bond motifs is 1. The van der Waals surface area contributed by atoms with Crippen molar-refractivity contribution in [1.82, 2.24) is 9.13 Å². The van der Waals surface area contributed by atoms with Crippen LogP contribution in [-0.4, -0.2) is 34.7 Å². The average molecular weight is 489 g/mol. The van der Waals surface area contributed by atoms with Crippen molar-refractivity contribution in [3.63, 3.8) is 0 Å². The summed E-state index contributed by atoms with van der Waals surface area (Å²) in [5.74, 6) is 0.317. The van der Waals surface area contributed by atoms with Gasteiger partial charge < -0.3 is 9.47 Å². The zero-order valence-electron chi connectivity index (χ0n) is 17.6. The zero-order chi connectivity index (χ0) is 22.4. The van der Waals surface area contributed by atoms with E-state index in [0.717, 1.165) is 23.7 Å². The number of aromatic nitrogens is 2. The Balaban J connectivity index is 2.12. The van der Waals surface area contributed by atoms with E-state index in [0.29, 0.717) is 28.8 Å². The number of halogens is 1. The minimum absolute atomic E-state index is 0.0626. The third-order valence-electron chi connectivity index (χ3n) is 5.13. The Bertz CT molecular complexity index is 1180. The van der Waals surface area contributed by atoms with E-state index in [1.807, 2.05) is 12.1 Å². The third-order valence-corrected chi connectivity index (χ3v) is 5.69. The molecule has 0 bridgehead atoms. The first kappa shape index (κ1) is 22.8. The number of ether oxygens (including phenoxy) is 2. The number of esters is 1. The van der Waals surface area contributed by atoms with Gasteiger partial charge in [-0.3, -0.25) is 18.7 Å². The molecule has 8 heteroatoms. The monoisotopic (exact) mass is 488 g/mol. The fourth-order valence-corrected chi connectivity index (χ4v) is 3.85. The highest BCUT2D eigenvalue weighted by molar-refractivity contribution is 9.09. The summed E-state index contributed by atoms with van der Waals surface area (Å²) in [4.78, 5) is 38.2. The Hall–Kier alpha value is -2.87. The van der Waals surface area contributed by atoms with Crippen molar-refractivity contribution >= 4 is 32.8 Å². The standard InChI is InChI=1S/C23H25BrN2O5/c1-30-18-8-5-16(6-9-18)15-26-22(28)19-13-17(14-21(27)31-2)7-10-20(19)25(23(26)29)12-4-3-11-24/h5-10,13H,3-4,11-12,14-15H2,1-2H3. The molecule has 0 atom stereocenters. The fourth-order valence-electron chi connectivity index (χ4n) is 3.45. The minimum atomic E-state index is -0.386. The van der Waals surface area contributed by atoms with Crippen LogP contribution in [0.2, 0.25) is 0 Å². The Morgan fingerprint density at radius 1 is 0.968 bits per heavy atom. The molecule has 0 amide bonds. The Morgan fingerprint density at radius 2 is 1.68 bits per heavy atom. The second-order valence-corrected chi connectivity index (χ2v) is 7.97. The maximum absolute atomic E-state index is 13.3. The summed E-state index contributed by atoms with van der Waals surface area (Å²) >= 11 is 3.42. The van der Waals surface area contributed by atoms with Gasteiger partial charge in [0.2, 0.25) is 0 Å². The topological polar surface area (TPSA) is 79.5 Å². The van der Waals surface area contributed by atoms with Crippen molar-refractivity contribution in [2.24, 2.45) is 0 Å². The van der Waals surface area contributed by atoms with Crippen LogP contribution in [0.5, 0.6) is 5.75 Å². The number of carbonyl (C=O) groups excluding carboxylic acids is 1.